The molecule has 0 aliphatic heterocycles. The molecule has 0 amide bonds. The molecular formula is C15H17BO3. The second-order valence-corrected chi connectivity index (χ2v) is 4.35. The first-order valence-corrected chi connectivity index (χ1v) is 6.39. The van der Waals surface area contributed by atoms with Crippen LogP contribution < -0.4 is 10.2 Å². The minimum Gasteiger partial charge on any atom is -0.494 e. The van der Waals surface area contributed by atoms with E-state index in [1.54, 1.807) is 18.2 Å². The molecule has 0 saturated carbocycles. The molecule has 3 nitrogen and oxygen atoms in total. The maximum absolute atomic E-state index is 9.21. The summed E-state index contributed by atoms with van der Waals surface area (Å²) in [7, 11) is -1.50. The SMILES string of the molecule is OB(O)c1ccccc1OCCCc1ccccc1. The number of aryl methyl sites for hydroxylation is 1. The van der Waals surface area contributed by atoms with Crippen molar-refractivity contribution in [2.24, 2.45) is 0 Å². The second-order valence-electron chi connectivity index (χ2n) is 4.35. The van der Waals surface area contributed by atoms with Crippen LogP contribution in [0.1, 0.15) is 12.0 Å². The van der Waals surface area contributed by atoms with Gasteiger partial charge in [-0.05, 0) is 24.5 Å². The lowest BCUT2D eigenvalue weighted by Gasteiger charge is -2.10. The summed E-state index contributed by atoms with van der Waals surface area (Å²) >= 11 is 0. The first-order valence-electron chi connectivity index (χ1n) is 6.39. The summed E-state index contributed by atoms with van der Waals surface area (Å²) < 4.78 is 5.60. The van der Waals surface area contributed by atoms with Crippen LogP contribution in [-0.2, 0) is 6.42 Å². The summed E-state index contributed by atoms with van der Waals surface area (Å²) in [6, 6.07) is 17.2. The van der Waals surface area contributed by atoms with Crippen LogP contribution in [0.2, 0.25) is 0 Å². The topological polar surface area (TPSA) is 49.7 Å². The van der Waals surface area contributed by atoms with Crippen molar-refractivity contribution in [2.75, 3.05) is 6.61 Å². The molecule has 2 aromatic rings. The van der Waals surface area contributed by atoms with Crippen LogP contribution in [0.5, 0.6) is 5.75 Å². The predicted molar refractivity (Wildman–Crippen MR) is 76.5 cm³/mol. The molecule has 0 atom stereocenters. The zero-order valence-electron chi connectivity index (χ0n) is 10.7. The Hall–Kier alpha value is -1.78. The van der Waals surface area contributed by atoms with Crippen LogP contribution in [0.25, 0.3) is 0 Å². The first-order chi connectivity index (χ1) is 9.27. The van der Waals surface area contributed by atoms with Gasteiger partial charge in [0.25, 0.3) is 0 Å². The van der Waals surface area contributed by atoms with E-state index in [2.05, 4.69) is 12.1 Å². The fraction of sp³-hybridized carbons (Fsp3) is 0.200. The Balaban J connectivity index is 1.83. The molecule has 0 unspecified atom stereocenters. The maximum atomic E-state index is 9.21. The van der Waals surface area contributed by atoms with Crippen LogP contribution in [-0.4, -0.2) is 23.8 Å². The predicted octanol–water partition coefficient (Wildman–Crippen LogP) is 1.38. The Morgan fingerprint density at radius 2 is 1.58 bits per heavy atom. The Kier molecular flexibility index (Phi) is 5.01. The lowest BCUT2D eigenvalue weighted by atomic mass is 9.79. The molecule has 0 radical (unpaired) electrons. The van der Waals surface area contributed by atoms with Gasteiger partial charge in [0.15, 0.2) is 0 Å². The Morgan fingerprint density at radius 1 is 0.895 bits per heavy atom. The summed E-state index contributed by atoms with van der Waals surface area (Å²) in [5.74, 6) is 0.533. The van der Waals surface area contributed by atoms with Crippen molar-refractivity contribution in [3.8, 4) is 5.75 Å². The normalized spacial score (nSPS) is 10.2. The quantitative estimate of drug-likeness (QED) is 0.606. The van der Waals surface area contributed by atoms with Gasteiger partial charge in [-0.2, -0.15) is 0 Å². The smallest absolute Gasteiger partial charge is 0.492 e. The third-order valence-corrected chi connectivity index (χ3v) is 2.91. The molecule has 0 fully saturated rings. The van der Waals surface area contributed by atoms with Gasteiger partial charge in [-0.25, -0.2) is 0 Å². The highest BCUT2D eigenvalue weighted by atomic mass is 16.5. The third-order valence-electron chi connectivity index (χ3n) is 2.91. The van der Waals surface area contributed by atoms with Crippen LogP contribution in [0.3, 0.4) is 0 Å². The van der Waals surface area contributed by atoms with Gasteiger partial charge < -0.3 is 14.8 Å². The summed E-state index contributed by atoms with van der Waals surface area (Å²) in [5.41, 5.74) is 1.68. The molecule has 2 rings (SSSR count). The Bertz CT molecular complexity index is 500. The van der Waals surface area contributed by atoms with Crippen molar-refractivity contribution in [3.05, 3.63) is 60.2 Å². The van der Waals surface area contributed by atoms with Gasteiger partial charge in [0.2, 0.25) is 0 Å². The lowest BCUT2D eigenvalue weighted by molar-refractivity contribution is 0.311. The molecule has 98 valence electrons. The third kappa shape index (κ3) is 4.12. The molecule has 2 N–H and O–H groups in total. The molecule has 0 spiro atoms. The van der Waals surface area contributed by atoms with Crippen LogP contribution >= 0.6 is 0 Å². The minimum absolute atomic E-state index is 0.405. The number of hydrogen-bond acceptors (Lipinski definition) is 3. The van der Waals surface area contributed by atoms with Crippen molar-refractivity contribution in [2.45, 2.75) is 12.8 Å². The molecule has 0 aromatic heterocycles. The monoisotopic (exact) mass is 256 g/mol. The van der Waals surface area contributed by atoms with E-state index in [9.17, 15) is 10.0 Å². The Labute approximate surface area is 113 Å². The number of rotatable bonds is 6. The van der Waals surface area contributed by atoms with Gasteiger partial charge in [-0.3, -0.25) is 0 Å². The van der Waals surface area contributed by atoms with E-state index in [4.69, 9.17) is 4.74 Å². The van der Waals surface area contributed by atoms with Gasteiger partial charge in [-0.15, -0.1) is 0 Å². The van der Waals surface area contributed by atoms with E-state index in [0.717, 1.165) is 12.8 Å². The largest absolute Gasteiger partial charge is 0.494 e. The fourth-order valence-corrected chi connectivity index (χ4v) is 1.93. The average Bonchev–Trinajstić information content (AvgIpc) is 2.45. The highest BCUT2D eigenvalue weighted by molar-refractivity contribution is 6.59. The number of para-hydroxylation sites is 1. The van der Waals surface area contributed by atoms with E-state index in [-0.39, 0.29) is 0 Å². The van der Waals surface area contributed by atoms with Crippen molar-refractivity contribution in [1.82, 2.24) is 0 Å². The van der Waals surface area contributed by atoms with Crippen molar-refractivity contribution < 1.29 is 14.8 Å². The van der Waals surface area contributed by atoms with Gasteiger partial charge in [0, 0.05) is 5.46 Å². The van der Waals surface area contributed by atoms with E-state index < -0.39 is 7.12 Å². The van der Waals surface area contributed by atoms with Crippen molar-refractivity contribution >= 4 is 12.6 Å². The van der Waals surface area contributed by atoms with E-state index >= 15 is 0 Å². The maximum Gasteiger partial charge on any atom is 0.492 e. The van der Waals surface area contributed by atoms with Crippen LogP contribution in [0.15, 0.2) is 54.6 Å². The summed E-state index contributed by atoms with van der Waals surface area (Å²) in [6.45, 7) is 0.554. The summed E-state index contributed by atoms with van der Waals surface area (Å²) in [4.78, 5) is 0. The number of hydrogen-bond donors (Lipinski definition) is 2. The highest BCUT2D eigenvalue weighted by Gasteiger charge is 2.15. The molecule has 0 heterocycles. The molecule has 0 bridgehead atoms. The van der Waals surface area contributed by atoms with Gasteiger partial charge in [-0.1, -0.05) is 48.5 Å². The molecule has 4 heteroatoms. The highest BCUT2D eigenvalue weighted by Crippen LogP contribution is 2.09. The minimum atomic E-state index is -1.50. The standard InChI is InChI=1S/C15H17BO3/c17-16(18)14-10-4-5-11-15(14)19-12-6-9-13-7-2-1-3-8-13/h1-5,7-8,10-11,17-18H,6,9,12H2. The molecule has 19 heavy (non-hydrogen) atoms. The average molecular weight is 256 g/mol. The van der Waals surface area contributed by atoms with E-state index in [0.29, 0.717) is 17.8 Å². The molecule has 0 aliphatic carbocycles. The van der Waals surface area contributed by atoms with Crippen molar-refractivity contribution in [1.29, 1.82) is 0 Å². The zero-order chi connectivity index (χ0) is 13.5. The summed E-state index contributed by atoms with van der Waals surface area (Å²) in [5, 5.41) is 18.4. The fourth-order valence-electron chi connectivity index (χ4n) is 1.93. The zero-order valence-corrected chi connectivity index (χ0v) is 10.7. The number of benzene rings is 2. The van der Waals surface area contributed by atoms with Gasteiger partial charge in [0.1, 0.15) is 5.75 Å². The Morgan fingerprint density at radius 3 is 2.32 bits per heavy atom. The van der Waals surface area contributed by atoms with Crippen LogP contribution in [0.4, 0.5) is 0 Å². The summed E-state index contributed by atoms with van der Waals surface area (Å²) in [6.07, 6.45) is 1.84. The molecular weight excluding hydrogens is 239 g/mol. The van der Waals surface area contributed by atoms with Crippen molar-refractivity contribution in [3.63, 3.8) is 0 Å². The number of ether oxygens (including phenoxy) is 1. The first kappa shape index (κ1) is 13.7. The lowest BCUT2D eigenvalue weighted by Crippen LogP contribution is -2.31. The van der Waals surface area contributed by atoms with Gasteiger partial charge >= 0.3 is 7.12 Å². The molecule has 2 aromatic carbocycles. The van der Waals surface area contributed by atoms with Gasteiger partial charge in [0.05, 0.1) is 6.61 Å². The van der Waals surface area contributed by atoms with E-state index in [1.165, 1.54) is 5.56 Å². The van der Waals surface area contributed by atoms with Crippen LogP contribution in [0, 0.1) is 0 Å². The molecule has 0 saturated heterocycles. The second kappa shape index (κ2) is 6.97. The molecule has 0 aliphatic rings. The van der Waals surface area contributed by atoms with E-state index in [1.807, 2.05) is 24.3 Å².